The number of nitrogens with one attached hydrogen (secondary N) is 1. The summed E-state index contributed by atoms with van der Waals surface area (Å²) in [6, 6.07) is 8.19. The van der Waals surface area contributed by atoms with Crippen LogP contribution in [-0.2, 0) is 17.6 Å². The molecule has 0 saturated heterocycles. The Morgan fingerprint density at radius 1 is 1.36 bits per heavy atom. The van der Waals surface area contributed by atoms with Crippen molar-refractivity contribution < 1.29 is 9.53 Å². The molecule has 0 spiro atoms. The van der Waals surface area contributed by atoms with Crippen LogP contribution in [0.3, 0.4) is 0 Å². The van der Waals surface area contributed by atoms with Gasteiger partial charge >= 0.3 is 0 Å². The van der Waals surface area contributed by atoms with Gasteiger partial charge in [-0.2, -0.15) is 0 Å². The Bertz CT molecular complexity index is 607. The molecule has 1 aromatic heterocycles. The molecular weight excluding hydrogens is 296 g/mol. The van der Waals surface area contributed by atoms with E-state index in [-0.39, 0.29) is 11.9 Å². The molecule has 1 N–H and O–H groups in total. The number of methoxy groups -OCH3 is 1. The lowest BCUT2D eigenvalue weighted by Crippen LogP contribution is -2.34. The number of aryl methyl sites for hydroxylation is 2. The number of amides is 1. The van der Waals surface area contributed by atoms with E-state index in [0.717, 1.165) is 29.3 Å². The quantitative estimate of drug-likeness (QED) is 0.853. The molecule has 1 amide bonds. The summed E-state index contributed by atoms with van der Waals surface area (Å²) in [5.41, 5.74) is 2.10. The number of nitrogens with zero attached hydrogens (tertiary/aromatic N) is 1. The fourth-order valence-corrected chi connectivity index (χ4v) is 2.84. The maximum absolute atomic E-state index is 12.0. The third-order valence-corrected chi connectivity index (χ3v) is 4.26. The minimum absolute atomic E-state index is 0.0348. The maximum atomic E-state index is 12.0. The van der Waals surface area contributed by atoms with Gasteiger partial charge in [0.2, 0.25) is 5.91 Å². The maximum Gasteiger partial charge on any atom is 0.226 e. The number of ether oxygens (including phenoxy) is 1. The van der Waals surface area contributed by atoms with Gasteiger partial charge < -0.3 is 10.1 Å². The van der Waals surface area contributed by atoms with E-state index in [2.05, 4.69) is 22.4 Å². The van der Waals surface area contributed by atoms with E-state index in [9.17, 15) is 4.79 Å². The van der Waals surface area contributed by atoms with E-state index in [1.165, 1.54) is 5.56 Å². The van der Waals surface area contributed by atoms with Gasteiger partial charge in [-0.15, -0.1) is 11.3 Å². The average molecular weight is 318 g/mol. The molecule has 0 unspecified atom stereocenters. The zero-order valence-corrected chi connectivity index (χ0v) is 14.1. The van der Waals surface area contributed by atoms with E-state index >= 15 is 0 Å². The van der Waals surface area contributed by atoms with Gasteiger partial charge in [-0.1, -0.05) is 12.1 Å². The highest BCUT2D eigenvalue weighted by molar-refractivity contribution is 7.09. The monoisotopic (exact) mass is 318 g/mol. The van der Waals surface area contributed by atoms with E-state index in [0.29, 0.717) is 6.42 Å². The van der Waals surface area contributed by atoms with Crippen molar-refractivity contribution in [2.24, 2.45) is 0 Å². The minimum atomic E-state index is 0.0348. The summed E-state index contributed by atoms with van der Waals surface area (Å²) >= 11 is 1.57. The van der Waals surface area contributed by atoms with E-state index in [4.69, 9.17) is 4.74 Å². The second-order valence-electron chi connectivity index (χ2n) is 5.39. The number of aromatic nitrogens is 1. The highest BCUT2D eigenvalue weighted by Gasteiger charge is 2.10. The van der Waals surface area contributed by atoms with Crippen molar-refractivity contribution in [2.75, 3.05) is 7.11 Å². The number of carbonyl (C=O) groups excluding carboxylic acids is 1. The molecule has 1 heterocycles. The zero-order chi connectivity index (χ0) is 15.9. The number of carbonyl (C=O) groups is 1. The van der Waals surface area contributed by atoms with Gasteiger partial charge in [-0.05, 0) is 44.4 Å². The Labute approximate surface area is 135 Å². The van der Waals surface area contributed by atoms with Crippen molar-refractivity contribution in [3.8, 4) is 5.75 Å². The Hall–Kier alpha value is -1.88. The first-order valence-corrected chi connectivity index (χ1v) is 8.28. The van der Waals surface area contributed by atoms with Crippen LogP contribution in [0.15, 0.2) is 29.6 Å². The molecule has 118 valence electrons. The van der Waals surface area contributed by atoms with Crippen LogP contribution in [0.4, 0.5) is 0 Å². The lowest BCUT2D eigenvalue weighted by molar-refractivity contribution is -0.121. The van der Waals surface area contributed by atoms with Gasteiger partial charge in [0.15, 0.2) is 0 Å². The minimum Gasteiger partial charge on any atom is -0.497 e. The lowest BCUT2D eigenvalue weighted by atomic mass is 10.1. The second kappa shape index (κ2) is 7.94. The first-order valence-electron chi connectivity index (χ1n) is 7.40. The molecule has 1 aromatic carbocycles. The van der Waals surface area contributed by atoms with E-state index in [1.807, 2.05) is 31.4 Å². The van der Waals surface area contributed by atoms with Crippen LogP contribution in [0.5, 0.6) is 5.75 Å². The molecule has 0 aliphatic carbocycles. The predicted octanol–water partition coefficient (Wildman–Crippen LogP) is 3.14. The summed E-state index contributed by atoms with van der Waals surface area (Å²) in [6.07, 6.45) is 2.20. The van der Waals surface area contributed by atoms with Crippen molar-refractivity contribution in [1.29, 1.82) is 0 Å². The average Bonchev–Trinajstić information content (AvgIpc) is 2.90. The summed E-state index contributed by atoms with van der Waals surface area (Å²) in [4.78, 5) is 16.3. The number of hydrogen-bond donors (Lipinski definition) is 1. The number of hydrogen-bond acceptors (Lipinski definition) is 4. The molecule has 1 atom stereocenters. The molecule has 2 aromatic rings. The Morgan fingerprint density at radius 3 is 2.68 bits per heavy atom. The third-order valence-electron chi connectivity index (χ3n) is 3.44. The largest absolute Gasteiger partial charge is 0.497 e. The fraction of sp³-hybridized carbons (Fsp3) is 0.412. The summed E-state index contributed by atoms with van der Waals surface area (Å²) in [6.45, 7) is 3.98. The van der Waals surface area contributed by atoms with Crippen LogP contribution >= 0.6 is 11.3 Å². The molecular formula is C17H22N2O2S. The number of rotatable bonds is 7. The fourth-order valence-electron chi connectivity index (χ4n) is 2.23. The van der Waals surface area contributed by atoms with E-state index in [1.54, 1.807) is 18.4 Å². The van der Waals surface area contributed by atoms with Crippen molar-refractivity contribution in [3.63, 3.8) is 0 Å². The van der Waals surface area contributed by atoms with Crippen molar-refractivity contribution in [2.45, 2.75) is 39.2 Å². The van der Waals surface area contributed by atoms with Gasteiger partial charge in [0, 0.05) is 11.4 Å². The van der Waals surface area contributed by atoms with Crippen LogP contribution < -0.4 is 10.1 Å². The topological polar surface area (TPSA) is 51.2 Å². The molecule has 0 bridgehead atoms. The first-order chi connectivity index (χ1) is 10.6. The molecule has 2 rings (SSSR count). The van der Waals surface area contributed by atoms with Crippen LogP contribution in [0.25, 0.3) is 0 Å². The summed E-state index contributed by atoms with van der Waals surface area (Å²) in [7, 11) is 1.66. The molecule has 22 heavy (non-hydrogen) atoms. The molecule has 5 heteroatoms. The predicted molar refractivity (Wildman–Crippen MR) is 89.5 cm³/mol. The highest BCUT2D eigenvalue weighted by atomic mass is 32.1. The third kappa shape index (κ3) is 5.15. The highest BCUT2D eigenvalue weighted by Crippen LogP contribution is 2.13. The first kappa shape index (κ1) is 16.5. The van der Waals surface area contributed by atoms with Gasteiger partial charge in [0.05, 0.1) is 24.2 Å². The number of benzene rings is 1. The Kier molecular flexibility index (Phi) is 5.95. The van der Waals surface area contributed by atoms with E-state index < -0.39 is 0 Å². The molecule has 0 aliphatic rings. The summed E-state index contributed by atoms with van der Waals surface area (Å²) in [5.74, 6) is 0.899. The molecule has 0 aliphatic heterocycles. The van der Waals surface area contributed by atoms with Crippen molar-refractivity contribution >= 4 is 17.2 Å². The van der Waals surface area contributed by atoms with Crippen LogP contribution in [0.2, 0.25) is 0 Å². The Balaban J connectivity index is 1.74. The molecule has 0 saturated carbocycles. The van der Waals surface area contributed by atoms with Crippen molar-refractivity contribution in [1.82, 2.24) is 10.3 Å². The number of thiazole rings is 1. The lowest BCUT2D eigenvalue weighted by Gasteiger charge is -2.13. The van der Waals surface area contributed by atoms with Gasteiger partial charge in [0.25, 0.3) is 0 Å². The SMILES string of the molecule is COc1ccc(CC[C@@H](C)NC(=O)Cc2csc(C)n2)cc1. The molecule has 0 fully saturated rings. The Morgan fingerprint density at radius 2 is 2.09 bits per heavy atom. The zero-order valence-electron chi connectivity index (χ0n) is 13.3. The second-order valence-corrected chi connectivity index (χ2v) is 6.45. The standard InChI is InChI=1S/C17H22N2O2S/c1-12(4-5-14-6-8-16(21-3)9-7-14)18-17(20)10-15-11-22-13(2)19-15/h6-9,11-12H,4-5,10H2,1-3H3,(H,18,20)/t12-/m1/s1. The summed E-state index contributed by atoms with van der Waals surface area (Å²) < 4.78 is 5.14. The molecule has 0 radical (unpaired) electrons. The molecule has 4 nitrogen and oxygen atoms in total. The summed E-state index contributed by atoms with van der Waals surface area (Å²) in [5, 5.41) is 5.97. The van der Waals surface area contributed by atoms with Crippen molar-refractivity contribution in [3.05, 3.63) is 45.9 Å². The van der Waals surface area contributed by atoms with Gasteiger partial charge in [-0.3, -0.25) is 4.79 Å². The van der Waals surface area contributed by atoms with Crippen LogP contribution in [0, 0.1) is 6.92 Å². The van der Waals surface area contributed by atoms with Gasteiger partial charge in [0.1, 0.15) is 5.75 Å². The smallest absolute Gasteiger partial charge is 0.226 e. The van der Waals surface area contributed by atoms with Gasteiger partial charge in [-0.25, -0.2) is 4.98 Å². The van der Waals surface area contributed by atoms with Crippen LogP contribution in [0.1, 0.15) is 29.6 Å². The van der Waals surface area contributed by atoms with Crippen LogP contribution in [-0.4, -0.2) is 24.0 Å². The normalized spacial score (nSPS) is 12.0.